The van der Waals surface area contributed by atoms with Gasteiger partial charge in [0, 0.05) is 22.4 Å². The van der Waals surface area contributed by atoms with Gasteiger partial charge in [-0.1, -0.05) is 51.0 Å². The van der Waals surface area contributed by atoms with Crippen molar-refractivity contribution in [1.82, 2.24) is 10.6 Å². The molecule has 1 aromatic rings. The van der Waals surface area contributed by atoms with Gasteiger partial charge in [0.1, 0.15) is 18.2 Å². The molecular weight excluding hydrogens is 482 g/mol. The number of benzene rings is 1. The zero-order chi connectivity index (χ0) is 25.6. The van der Waals surface area contributed by atoms with Crippen LogP contribution < -0.4 is 10.6 Å². The highest BCUT2D eigenvalue weighted by Gasteiger charge is 2.26. The van der Waals surface area contributed by atoms with Crippen LogP contribution in [0.25, 0.3) is 10.4 Å². The first-order valence-corrected chi connectivity index (χ1v) is 13.0. The summed E-state index contributed by atoms with van der Waals surface area (Å²) in [7, 11) is 4.32. The number of hydrogen-bond acceptors (Lipinski definition) is 9. The van der Waals surface area contributed by atoms with E-state index in [0.717, 1.165) is 5.56 Å². The molecule has 188 valence electrons. The number of nitrogens with one attached hydrogen (secondary N) is 2. The molecule has 2 atom stereocenters. The summed E-state index contributed by atoms with van der Waals surface area (Å²) in [6.45, 7) is 5.56. The standard InChI is InChI=1S/C21H31N5O6S2/c1-21(2,3)32-20(29)24-17(18(27)30-4)11-10-16(34-33-5)12-23-19(28)31-13-14-6-8-15(9-7-14)25-26-22/h6-9,16-17H,10-13H2,1-5H3,(H,23,28)(H,24,29)/t16-,17-/m0/s1. The second-order valence-electron chi connectivity index (χ2n) is 8.00. The number of carbonyl (C=O) groups excluding carboxylic acids is 3. The van der Waals surface area contributed by atoms with Crippen molar-refractivity contribution in [2.45, 2.75) is 57.1 Å². The van der Waals surface area contributed by atoms with Gasteiger partial charge in [-0.3, -0.25) is 0 Å². The van der Waals surface area contributed by atoms with Crippen LogP contribution >= 0.6 is 21.6 Å². The van der Waals surface area contributed by atoms with E-state index in [0.29, 0.717) is 25.1 Å². The fourth-order valence-electron chi connectivity index (χ4n) is 2.62. The van der Waals surface area contributed by atoms with Crippen molar-refractivity contribution in [2.24, 2.45) is 5.11 Å². The number of ether oxygens (including phenoxy) is 3. The lowest BCUT2D eigenvalue weighted by Gasteiger charge is -2.23. The minimum atomic E-state index is -0.870. The summed E-state index contributed by atoms with van der Waals surface area (Å²) in [5, 5.41) is 8.71. The van der Waals surface area contributed by atoms with Gasteiger partial charge in [-0.05, 0) is 51.0 Å². The summed E-state index contributed by atoms with van der Waals surface area (Å²) >= 11 is 0. The highest BCUT2D eigenvalue weighted by Crippen LogP contribution is 2.27. The van der Waals surface area contributed by atoms with Gasteiger partial charge in [-0.2, -0.15) is 0 Å². The van der Waals surface area contributed by atoms with Crippen LogP contribution in [0.4, 0.5) is 15.3 Å². The molecule has 0 bridgehead atoms. The Hall–Kier alpha value is -2.76. The predicted octanol–water partition coefficient (Wildman–Crippen LogP) is 5.08. The van der Waals surface area contributed by atoms with E-state index >= 15 is 0 Å². The van der Waals surface area contributed by atoms with E-state index in [2.05, 4.69) is 20.7 Å². The Balaban J connectivity index is 2.55. The molecule has 0 radical (unpaired) electrons. The molecule has 1 aromatic carbocycles. The molecule has 0 heterocycles. The summed E-state index contributed by atoms with van der Waals surface area (Å²) in [5.74, 6) is -0.572. The van der Waals surface area contributed by atoms with Crippen LogP contribution in [0, 0.1) is 0 Å². The molecule has 0 unspecified atom stereocenters. The number of esters is 1. The Labute approximate surface area is 207 Å². The number of amides is 2. The van der Waals surface area contributed by atoms with Crippen LogP contribution in [0.5, 0.6) is 0 Å². The molecule has 1 rings (SSSR count). The van der Waals surface area contributed by atoms with Gasteiger partial charge in [0.25, 0.3) is 0 Å². The topological polar surface area (TPSA) is 152 Å². The molecule has 11 nitrogen and oxygen atoms in total. The maximum atomic E-state index is 12.1. The molecule has 0 aliphatic heterocycles. The van der Waals surface area contributed by atoms with E-state index in [1.54, 1.807) is 45.0 Å². The van der Waals surface area contributed by atoms with E-state index in [1.165, 1.54) is 28.7 Å². The van der Waals surface area contributed by atoms with E-state index < -0.39 is 29.8 Å². The summed E-state index contributed by atoms with van der Waals surface area (Å²) in [6.07, 6.45) is 1.45. The van der Waals surface area contributed by atoms with Crippen molar-refractivity contribution in [3.05, 3.63) is 40.3 Å². The summed E-state index contributed by atoms with van der Waals surface area (Å²) in [5.41, 5.74) is 8.95. The minimum absolute atomic E-state index is 0.0433. The Bertz CT molecular complexity index is 856. The monoisotopic (exact) mass is 513 g/mol. The lowest BCUT2D eigenvalue weighted by molar-refractivity contribution is -0.143. The van der Waals surface area contributed by atoms with Gasteiger partial charge in [0.05, 0.1) is 7.11 Å². The van der Waals surface area contributed by atoms with Crippen LogP contribution in [-0.2, 0) is 25.6 Å². The first-order valence-electron chi connectivity index (χ1n) is 10.4. The molecule has 2 N–H and O–H groups in total. The fourth-order valence-corrected chi connectivity index (χ4v) is 4.59. The fraction of sp³-hybridized carbons (Fsp3) is 0.571. The zero-order valence-electron chi connectivity index (χ0n) is 19.9. The number of methoxy groups -OCH3 is 1. The predicted molar refractivity (Wildman–Crippen MR) is 133 cm³/mol. The molecular formula is C21H31N5O6S2. The van der Waals surface area contributed by atoms with Crippen LogP contribution in [-0.4, -0.2) is 55.0 Å². The van der Waals surface area contributed by atoms with E-state index in [9.17, 15) is 14.4 Å². The third-order valence-corrected chi connectivity index (χ3v) is 6.39. The van der Waals surface area contributed by atoms with Crippen molar-refractivity contribution in [1.29, 1.82) is 0 Å². The molecule has 2 amide bonds. The van der Waals surface area contributed by atoms with Gasteiger partial charge < -0.3 is 24.8 Å². The molecule has 0 fully saturated rings. The molecule has 34 heavy (non-hydrogen) atoms. The van der Waals surface area contributed by atoms with E-state index in [4.69, 9.17) is 19.7 Å². The number of hydrogen-bond donors (Lipinski definition) is 2. The van der Waals surface area contributed by atoms with Gasteiger partial charge in [0.2, 0.25) is 0 Å². The summed E-state index contributed by atoms with van der Waals surface area (Å²) < 4.78 is 15.2. The Morgan fingerprint density at radius 1 is 1.15 bits per heavy atom. The second-order valence-corrected chi connectivity index (χ2v) is 10.8. The maximum Gasteiger partial charge on any atom is 0.408 e. The molecule has 0 saturated heterocycles. The molecule has 13 heteroatoms. The first-order chi connectivity index (χ1) is 16.1. The lowest BCUT2D eigenvalue weighted by Crippen LogP contribution is -2.44. The van der Waals surface area contributed by atoms with Crippen molar-refractivity contribution < 1.29 is 28.6 Å². The van der Waals surface area contributed by atoms with E-state index in [-0.39, 0.29) is 11.9 Å². The van der Waals surface area contributed by atoms with Crippen molar-refractivity contribution in [2.75, 3.05) is 19.9 Å². The van der Waals surface area contributed by atoms with Crippen LogP contribution in [0.3, 0.4) is 0 Å². The number of nitrogens with zero attached hydrogens (tertiary/aromatic N) is 3. The summed E-state index contributed by atoms with van der Waals surface area (Å²) in [6, 6.07) is 5.79. The van der Waals surface area contributed by atoms with Gasteiger partial charge >= 0.3 is 18.2 Å². The Morgan fingerprint density at radius 3 is 2.38 bits per heavy atom. The smallest absolute Gasteiger partial charge is 0.408 e. The average molecular weight is 514 g/mol. The van der Waals surface area contributed by atoms with Crippen LogP contribution in [0.15, 0.2) is 29.4 Å². The highest BCUT2D eigenvalue weighted by molar-refractivity contribution is 8.76. The van der Waals surface area contributed by atoms with Gasteiger partial charge in [-0.15, -0.1) is 0 Å². The third-order valence-electron chi connectivity index (χ3n) is 4.13. The number of azide groups is 1. The Kier molecular flexibility index (Phi) is 13.1. The first kappa shape index (κ1) is 29.3. The molecule has 0 aliphatic carbocycles. The number of rotatable bonds is 12. The lowest BCUT2D eigenvalue weighted by atomic mass is 10.1. The molecule has 0 saturated carbocycles. The number of carbonyl (C=O) groups is 3. The van der Waals surface area contributed by atoms with Crippen molar-refractivity contribution in [3.63, 3.8) is 0 Å². The quantitative estimate of drug-likeness (QED) is 0.0980. The molecule has 0 spiro atoms. The summed E-state index contributed by atoms with van der Waals surface area (Å²) in [4.78, 5) is 39.0. The molecule has 0 aliphatic rings. The normalized spacial score (nSPS) is 12.5. The number of alkyl carbamates (subject to hydrolysis) is 2. The second kappa shape index (κ2) is 15.2. The van der Waals surface area contributed by atoms with Crippen molar-refractivity contribution in [3.8, 4) is 0 Å². The van der Waals surface area contributed by atoms with Crippen LogP contribution in [0.2, 0.25) is 0 Å². The van der Waals surface area contributed by atoms with Crippen molar-refractivity contribution >= 4 is 45.4 Å². The van der Waals surface area contributed by atoms with E-state index in [1.807, 2.05) is 6.26 Å². The highest BCUT2D eigenvalue weighted by atomic mass is 33.1. The van der Waals surface area contributed by atoms with Crippen LogP contribution in [0.1, 0.15) is 39.2 Å². The largest absolute Gasteiger partial charge is 0.467 e. The maximum absolute atomic E-state index is 12.1. The average Bonchev–Trinajstić information content (AvgIpc) is 2.77. The SMILES string of the molecule is COC(=O)[C@H](CC[C@@H](CNC(=O)OCc1ccc(N=[N+]=[N-])cc1)SSC)NC(=O)OC(C)(C)C. The van der Waals surface area contributed by atoms with Gasteiger partial charge in [-0.25, -0.2) is 14.4 Å². The molecule has 0 aromatic heterocycles. The van der Waals surface area contributed by atoms with Gasteiger partial charge in [0.15, 0.2) is 0 Å². The Morgan fingerprint density at radius 2 is 1.82 bits per heavy atom. The third kappa shape index (κ3) is 12.5. The minimum Gasteiger partial charge on any atom is -0.467 e. The zero-order valence-corrected chi connectivity index (χ0v) is 21.5.